The molecule has 0 bridgehead atoms. The molecule has 0 saturated heterocycles. The standard InChI is InChI=1S/C14H16FNO3S/c1-9(20)13(14(17)16-2)11-5-4-10(15)8-12(11)19-7-6-18-3/h4-5,8,17,20H,1-2,6-7H2,3H3/b14-13-. The molecule has 0 aliphatic rings. The fourth-order valence-corrected chi connectivity index (χ4v) is 1.76. The molecule has 1 aromatic carbocycles. The molecule has 0 aliphatic heterocycles. The Hall–Kier alpha value is -1.79. The number of benzene rings is 1. The minimum absolute atomic E-state index is 0.232. The van der Waals surface area contributed by atoms with Crippen molar-refractivity contribution in [3.63, 3.8) is 0 Å². The third-order valence-electron chi connectivity index (χ3n) is 2.42. The largest absolute Gasteiger partial charge is 0.493 e. The number of halogens is 1. The van der Waals surface area contributed by atoms with Crippen molar-refractivity contribution in [2.24, 2.45) is 4.99 Å². The predicted molar refractivity (Wildman–Crippen MR) is 81.0 cm³/mol. The van der Waals surface area contributed by atoms with Crippen LogP contribution in [-0.4, -0.2) is 32.1 Å². The first-order chi connectivity index (χ1) is 9.51. The fraction of sp³-hybridized carbons (Fsp3) is 0.214. The van der Waals surface area contributed by atoms with Gasteiger partial charge in [0.15, 0.2) is 0 Å². The van der Waals surface area contributed by atoms with Gasteiger partial charge in [-0.25, -0.2) is 9.38 Å². The van der Waals surface area contributed by atoms with Crippen LogP contribution in [-0.2, 0) is 4.74 Å². The molecule has 0 atom stereocenters. The predicted octanol–water partition coefficient (Wildman–Crippen LogP) is 3.22. The highest BCUT2D eigenvalue weighted by molar-refractivity contribution is 7.85. The van der Waals surface area contributed by atoms with Crippen LogP contribution in [0.25, 0.3) is 5.57 Å². The average Bonchev–Trinajstić information content (AvgIpc) is 2.41. The first kappa shape index (κ1) is 16.3. The summed E-state index contributed by atoms with van der Waals surface area (Å²) in [6.45, 7) is 7.48. The van der Waals surface area contributed by atoms with E-state index in [1.165, 1.54) is 25.3 Å². The Bertz CT molecular complexity index is 543. The summed E-state index contributed by atoms with van der Waals surface area (Å²) < 4.78 is 23.6. The molecule has 1 rings (SSSR count). The lowest BCUT2D eigenvalue weighted by molar-refractivity contribution is 0.146. The molecule has 0 saturated carbocycles. The van der Waals surface area contributed by atoms with Crippen LogP contribution in [0.1, 0.15) is 5.56 Å². The molecule has 1 aromatic rings. The van der Waals surface area contributed by atoms with E-state index >= 15 is 0 Å². The summed E-state index contributed by atoms with van der Waals surface area (Å²) in [6, 6.07) is 3.90. The van der Waals surface area contributed by atoms with E-state index < -0.39 is 5.82 Å². The molecule has 4 nitrogen and oxygen atoms in total. The van der Waals surface area contributed by atoms with Crippen molar-refractivity contribution in [1.29, 1.82) is 0 Å². The molecule has 0 aromatic heterocycles. The Balaban J connectivity index is 3.27. The van der Waals surface area contributed by atoms with Gasteiger partial charge in [0.05, 0.1) is 12.2 Å². The van der Waals surface area contributed by atoms with Gasteiger partial charge in [-0.3, -0.25) is 0 Å². The third-order valence-corrected chi connectivity index (χ3v) is 2.64. The number of ether oxygens (including phenoxy) is 2. The van der Waals surface area contributed by atoms with Crippen LogP contribution < -0.4 is 4.74 Å². The van der Waals surface area contributed by atoms with Gasteiger partial charge < -0.3 is 14.6 Å². The average molecular weight is 297 g/mol. The summed E-state index contributed by atoms with van der Waals surface area (Å²) in [5.74, 6) is -0.577. The maximum absolute atomic E-state index is 13.3. The minimum atomic E-state index is -0.462. The summed E-state index contributed by atoms with van der Waals surface area (Å²) >= 11 is 4.11. The molecule has 0 radical (unpaired) electrons. The molecule has 0 amide bonds. The first-order valence-electron chi connectivity index (χ1n) is 5.71. The summed E-state index contributed by atoms with van der Waals surface area (Å²) in [6.07, 6.45) is 0. The number of nitrogens with zero attached hydrogens (tertiary/aromatic N) is 1. The van der Waals surface area contributed by atoms with Gasteiger partial charge in [0.25, 0.3) is 0 Å². The van der Waals surface area contributed by atoms with Crippen LogP contribution in [0.3, 0.4) is 0 Å². The number of aliphatic imine (C=N–C) groups is 1. The summed E-state index contributed by atoms with van der Waals surface area (Å²) in [4.78, 5) is 3.71. The lowest BCUT2D eigenvalue weighted by Crippen LogP contribution is -2.06. The monoisotopic (exact) mass is 297 g/mol. The smallest absolute Gasteiger partial charge is 0.219 e. The highest BCUT2D eigenvalue weighted by Gasteiger charge is 2.16. The SMILES string of the molecule is C=N/C(O)=C(\C(=C)S)c1ccc(F)cc1OCCOC. The normalized spacial score (nSPS) is 11.8. The zero-order valence-electron chi connectivity index (χ0n) is 11.1. The topological polar surface area (TPSA) is 51.1 Å². The number of hydrogen-bond donors (Lipinski definition) is 2. The van der Waals surface area contributed by atoms with Crippen molar-refractivity contribution in [3.05, 3.63) is 46.9 Å². The van der Waals surface area contributed by atoms with E-state index in [1.54, 1.807) is 0 Å². The number of aliphatic hydroxyl groups excluding tert-OH is 1. The Morgan fingerprint density at radius 1 is 1.45 bits per heavy atom. The van der Waals surface area contributed by atoms with Gasteiger partial charge in [-0.2, -0.15) is 0 Å². The molecular weight excluding hydrogens is 281 g/mol. The Kier molecular flexibility index (Phi) is 6.27. The number of hydrogen-bond acceptors (Lipinski definition) is 5. The van der Waals surface area contributed by atoms with E-state index in [2.05, 4.69) is 30.9 Å². The van der Waals surface area contributed by atoms with Crippen molar-refractivity contribution < 1.29 is 19.0 Å². The fourth-order valence-electron chi connectivity index (χ4n) is 1.54. The second-order valence-electron chi connectivity index (χ2n) is 3.79. The molecule has 0 fully saturated rings. The molecule has 20 heavy (non-hydrogen) atoms. The van der Waals surface area contributed by atoms with Crippen molar-refractivity contribution in [2.45, 2.75) is 0 Å². The maximum atomic E-state index is 13.3. The van der Waals surface area contributed by atoms with Crippen LogP contribution in [0.4, 0.5) is 4.39 Å². The molecule has 0 spiro atoms. The Labute approximate surface area is 122 Å². The second-order valence-corrected chi connectivity index (χ2v) is 4.32. The van der Waals surface area contributed by atoms with Crippen molar-refractivity contribution in [1.82, 2.24) is 0 Å². The van der Waals surface area contributed by atoms with Crippen molar-refractivity contribution >= 4 is 24.9 Å². The second kappa shape index (κ2) is 7.72. The van der Waals surface area contributed by atoms with E-state index in [-0.39, 0.29) is 28.7 Å². The number of thiol groups is 1. The highest BCUT2D eigenvalue weighted by atomic mass is 32.1. The Morgan fingerprint density at radius 2 is 2.15 bits per heavy atom. The molecule has 0 aliphatic carbocycles. The van der Waals surface area contributed by atoms with E-state index in [4.69, 9.17) is 9.47 Å². The molecule has 0 unspecified atom stereocenters. The van der Waals surface area contributed by atoms with Crippen LogP contribution in [0, 0.1) is 5.82 Å². The highest BCUT2D eigenvalue weighted by Crippen LogP contribution is 2.34. The van der Waals surface area contributed by atoms with Gasteiger partial charge in [0.2, 0.25) is 5.88 Å². The van der Waals surface area contributed by atoms with Crippen molar-refractivity contribution in [3.8, 4) is 5.75 Å². The van der Waals surface area contributed by atoms with Gasteiger partial charge in [-0.15, -0.1) is 12.6 Å². The zero-order valence-corrected chi connectivity index (χ0v) is 12.0. The number of aliphatic hydroxyl groups is 1. The van der Waals surface area contributed by atoms with E-state index in [9.17, 15) is 9.50 Å². The summed E-state index contributed by atoms with van der Waals surface area (Å²) in [7, 11) is 1.53. The lowest BCUT2D eigenvalue weighted by atomic mass is 10.0. The van der Waals surface area contributed by atoms with Gasteiger partial charge >= 0.3 is 0 Å². The zero-order chi connectivity index (χ0) is 15.1. The molecule has 6 heteroatoms. The summed E-state index contributed by atoms with van der Waals surface area (Å²) in [5, 5.41) is 9.77. The van der Waals surface area contributed by atoms with Crippen LogP contribution in [0.2, 0.25) is 0 Å². The molecule has 0 heterocycles. The Morgan fingerprint density at radius 3 is 2.70 bits per heavy atom. The first-order valence-corrected chi connectivity index (χ1v) is 6.15. The lowest BCUT2D eigenvalue weighted by Gasteiger charge is -2.14. The van der Waals surface area contributed by atoms with Gasteiger partial charge in [0.1, 0.15) is 18.2 Å². The van der Waals surface area contributed by atoms with Gasteiger partial charge in [-0.1, -0.05) is 6.58 Å². The third kappa shape index (κ3) is 4.11. The van der Waals surface area contributed by atoms with E-state index in [0.717, 1.165) is 0 Å². The minimum Gasteiger partial charge on any atom is -0.493 e. The maximum Gasteiger partial charge on any atom is 0.219 e. The number of methoxy groups -OCH3 is 1. The number of rotatable bonds is 7. The number of allylic oxidation sites excluding steroid dienone is 1. The van der Waals surface area contributed by atoms with Crippen molar-refractivity contribution in [2.75, 3.05) is 20.3 Å². The molecule has 1 N–H and O–H groups in total. The van der Waals surface area contributed by atoms with Gasteiger partial charge in [0, 0.05) is 23.6 Å². The van der Waals surface area contributed by atoms with E-state index in [1.807, 2.05) is 0 Å². The van der Waals surface area contributed by atoms with Gasteiger partial charge in [-0.05, 0) is 18.9 Å². The molecular formula is C14H16FNO3S. The van der Waals surface area contributed by atoms with Crippen LogP contribution in [0.5, 0.6) is 5.75 Å². The molecule has 108 valence electrons. The van der Waals surface area contributed by atoms with E-state index in [0.29, 0.717) is 12.2 Å². The quantitative estimate of drug-likeness (QED) is 0.267. The van der Waals surface area contributed by atoms with Crippen LogP contribution >= 0.6 is 12.6 Å². The van der Waals surface area contributed by atoms with Crippen LogP contribution in [0.15, 0.2) is 40.6 Å². The summed E-state index contributed by atoms with van der Waals surface area (Å²) in [5.41, 5.74) is 0.656.